The molecule has 0 radical (unpaired) electrons. The van der Waals surface area contributed by atoms with E-state index in [0.29, 0.717) is 12.0 Å². The lowest BCUT2D eigenvalue weighted by atomic mass is 9.80. The average molecular weight is 330 g/mol. The molecule has 2 fully saturated rings. The van der Waals surface area contributed by atoms with E-state index in [1.54, 1.807) is 19.0 Å². The van der Waals surface area contributed by atoms with Gasteiger partial charge in [0.1, 0.15) is 0 Å². The maximum atomic E-state index is 12.2. The van der Waals surface area contributed by atoms with Crippen molar-refractivity contribution in [2.45, 2.75) is 57.2 Å². The summed E-state index contributed by atoms with van der Waals surface area (Å²) in [4.78, 5) is 16.3. The Labute approximate surface area is 145 Å². The van der Waals surface area contributed by atoms with Crippen LogP contribution < -0.4 is 0 Å². The monoisotopic (exact) mass is 330 g/mol. The van der Waals surface area contributed by atoms with Gasteiger partial charge in [-0.1, -0.05) is 25.0 Å². The van der Waals surface area contributed by atoms with Crippen molar-refractivity contribution < 1.29 is 9.90 Å². The predicted molar refractivity (Wildman–Crippen MR) is 95.9 cm³/mol. The molecule has 1 saturated heterocycles. The molecule has 1 aliphatic heterocycles. The molecule has 2 aliphatic rings. The highest BCUT2D eigenvalue weighted by atomic mass is 16.3. The summed E-state index contributed by atoms with van der Waals surface area (Å²) in [6.45, 7) is 1.97. The summed E-state index contributed by atoms with van der Waals surface area (Å²) in [6.07, 6.45) is 6.80. The van der Waals surface area contributed by atoms with Crippen LogP contribution in [0.5, 0.6) is 0 Å². The van der Waals surface area contributed by atoms with Gasteiger partial charge in [-0.2, -0.15) is 0 Å². The van der Waals surface area contributed by atoms with Gasteiger partial charge >= 0.3 is 0 Å². The van der Waals surface area contributed by atoms with Crippen LogP contribution in [0, 0.1) is 5.92 Å². The molecule has 1 aromatic rings. The normalized spacial score (nSPS) is 28.0. The molecule has 24 heavy (non-hydrogen) atoms. The Bertz CT molecular complexity index is 573. The zero-order valence-corrected chi connectivity index (χ0v) is 14.9. The van der Waals surface area contributed by atoms with E-state index in [9.17, 15) is 9.90 Å². The lowest BCUT2D eigenvalue weighted by Crippen LogP contribution is -2.42. The summed E-state index contributed by atoms with van der Waals surface area (Å²) in [5, 5.41) is 10.4. The van der Waals surface area contributed by atoms with Crippen LogP contribution in [0.1, 0.15) is 54.4 Å². The van der Waals surface area contributed by atoms with Crippen molar-refractivity contribution in [3.8, 4) is 0 Å². The molecule has 3 atom stereocenters. The Hall–Kier alpha value is -1.39. The topological polar surface area (TPSA) is 43.8 Å². The zero-order chi connectivity index (χ0) is 17.1. The molecule has 1 heterocycles. The number of aliphatic hydroxyl groups excluding tert-OH is 1. The van der Waals surface area contributed by atoms with Crippen LogP contribution in [0.2, 0.25) is 0 Å². The van der Waals surface area contributed by atoms with Crippen LogP contribution in [0.15, 0.2) is 24.3 Å². The first-order chi connectivity index (χ1) is 11.6. The van der Waals surface area contributed by atoms with Gasteiger partial charge in [-0.3, -0.25) is 9.69 Å². The van der Waals surface area contributed by atoms with Crippen LogP contribution in [-0.2, 0) is 6.54 Å². The van der Waals surface area contributed by atoms with Crippen molar-refractivity contribution >= 4 is 5.91 Å². The van der Waals surface area contributed by atoms with E-state index in [1.165, 1.54) is 31.2 Å². The molecule has 1 amide bonds. The molecule has 1 aliphatic carbocycles. The van der Waals surface area contributed by atoms with Gasteiger partial charge in [0.2, 0.25) is 0 Å². The van der Waals surface area contributed by atoms with E-state index in [4.69, 9.17) is 0 Å². The number of aliphatic hydroxyl groups is 1. The molecule has 0 aromatic heterocycles. The van der Waals surface area contributed by atoms with Gasteiger partial charge in [0.25, 0.3) is 5.91 Å². The van der Waals surface area contributed by atoms with Crippen LogP contribution in [0.25, 0.3) is 0 Å². The molecule has 0 bridgehead atoms. The van der Waals surface area contributed by atoms with Crippen molar-refractivity contribution in [2.75, 3.05) is 20.6 Å². The van der Waals surface area contributed by atoms with Gasteiger partial charge in [0.05, 0.1) is 6.10 Å². The van der Waals surface area contributed by atoms with Crippen LogP contribution in [-0.4, -0.2) is 53.6 Å². The molecule has 0 spiro atoms. The fourth-order valence-corrected chi connectivity index (χ4v) is 4.42. The third kappa shape index (κ3) is 3.81. The fraction of sp³-hybridized carbons (Fsp3) is 0.650. The number of nitrogens with zero attached hydrogens (tertiary/aromatic N) is 2. The maximum absolute atomic E-state index is 12.2. The van der Waals surface area contributed by atoms with Crippen LogP contribution in [0.3, 0.4) is 0 Å². The van der Waals surface area contributed by atoms with Crippen LogP contribution >= 0.6 is 0 Å². The number of carbonyl (C=O) groups is 1. The quantitative estimate of drug-likeness (QED) is 0.923. The first kappa shape index (κ1) is 17.4. The lowest BCUT2D eigenvalue weighted by Gasteiger charge is -2.37. The second kappa shape index (κ2) is 7.66. The van der Waals surface area contributed by atoms with Gasteiger partial charge in [-0.05, 0) is 49.9 Å². The highest BCUT2D eigenvalue weighted by molar-refractivity contribution is 5.94. The predicted octanol–water partition coefficient (Wildman–Crippen LogP) is 2.90. The largest absolute Gasteiger partial charge is 0.393 e. The Morgan fingerprint density at radius 2 is 2.00 bits per heavy atom. The number of carbonyl (C=O) groups excluding carboxylic acids is 1. The Kier molecular flexibility index (Phi) is 5.57. The summed E-state index contributed by atoms with van der Waals surface area (Å²) < 4.78 is 0. The van der Waals surface area contributed by atoms with E-state index in [-0.39, 0.29) is 12.0 Å². The number of hydrogen-bond acceptors (Lipinski definition) is 3. The van der Waals surface area contributed by atoms with E-state index in [1.807, 2.05) is 18.2 Å². The van der Waals surface area contributed by atoms with E-state index in [0.717, 1.165) is 31.5 Å². The van der Waals surface area contributed by atoms with E-state index >= 15 is 0 Å². The van der Waals surface area contributed by atoms with Gasteiger partial charge in [-0.15, -0.1) is 0 Å². The lowest BCUT2D eigenvalue weighted by molar-refractivity contribution is 0.0201. The highest BCUT2D eigenvalue weighted by Crippen LogP contribution is 2.35. The minimum absolute atomic E-state index is 0.0533. The first-order valence-electron chi connectivity index (χ1n) is 9.29. The second-order valence-corrected chi connectivity index (χ2v) is 7.60. The van der Waals surface area contributed by atoms with Crippen molar-refractivity contribution in [1.82, 2.24) is 9.80 Å². The molecule has 1 saturated carbocycles. The molecule has 4 nitrogen and oxygen atoms in total. The third-order valence-corrected chi connectivity index (χ3v) is 5.66. The maximum Gasteiger partial charge on any atom is 0.253 e. The SMILES string of the molecule is CN(C)C(=O)c1cccc(CN2CCC[C@@H]2[C@H]2CCCC[C@@H]2O)c1. The summed E-state index contributed by atoms with van der Waals surface area (Å²) >= 11 is 0. The first-order valence-corrected chi connectivity index (χ1v) is 9.29. The summed E-state index contributed by atoms with van der Waals surface area (Å²) in [7, 11) is 3.58. The summed E-state index contributed by atoms with van der Waals surface area (Å²) in [5.74, 6) is 0.477. The van der Waals surface area contributed by atoms with Gasteiger partial charge in [-0.25, -0.2) is 0 Å². The molecule has 4 heteroatoms. The number of benzene rings is 1. The zero-order valence-electron chi connectivity index (χ0n) is 14.9. The molecule has 3 rings (SSSR count). The molecular weight excluding hydrogens is 300 g/mol. The average Bonchev–Trinajstić information content (AvgIpc) is 3.02. The number of rotatable bonds is 4. The number of amides is 1. The van der Waals surface area contributed by atoms with Crippen molar-refractivity contribution in [1.29, 1.82) is 0 Å². The van der Waals surface area contributed by atoms with Gasteiger partial charge in [0, 0.05) is 38.2 Å². The molecule has 0 unspecified atom stereocenters. The van der Waals surface area contributed by atoms with Gasteiger partial charge in [0.15, 0.2) is 0 Å². The molecule has 1 N–H and O–H groups in total. The highest BCUT2D eigenvalue weighted by Gasteiger charge is 2.36. The third-order valence-electron chi connectivity index (χ3n) is 5.66. The standard InChI is InChI=1S/C20H30N2O2/c1-21(2)20(24)16-8-5-7-15(13-16)14-22-12-6-10-18(22)17-9-3-4-11-19(17)23/h5,7-8,13,17-19,23H,3-4,6,9-12,14H2,1-2H3/t17-,18-,19+/m1/s1. The summed E-state index contributed by atoms with van der Waals surface area (Å²) in [6, 6.07) is 8.49. The number of hydrogen-bond donors (Lipinski definition) is 1. The second-order valence-electron chi connectivity index (χ2n) is 7.60. The minimum atomic E-state index is -0.133. The molecule has 132 valence electrons. The molecular formula is C20H30N2O2. The summed E-state index contributed by atoms with van der Waals surface area (Å²) in [5.41, 5.74) is 1.95. The van der Waals surface area contributed by atoms with E-state index < -0.39 is 0 Å². The smallest absolute Gasteiger partial charge is 0.253 e. The van der Waals surface area contributed by atoms with Crippen molar-refractivity contribution in [2.24, 2.45) is 5.92 Å². The Morgan fingerprint density at radius 3 is 2.75 bits per heavy atom. The fourth-order valence-electron chi connectivity index (χ4n) is 4.42. The number of likely N-dealkylation sites (tertiary alicyclic amines) is 1. The Morgan fingerprint density at radius 1 is 1.21 bits per heavy atom. The van der Waals surface area contributed by atoms with Crippen molar-refractivity contribution in [3.63, 3.8) is 0 Å². The van der Waals surface area contributed by atoms with Crippen molar-refractivity contribution in [3.05, 3.63) is 35.4 Å². The Balaban J connectivity index is 1.70. The van der Waals surface area contributed by atoms with E-state index in [2.05, 4.69) is 11.0 Å². The minimum Gasteiger partial charge on any atom is -0.393 e. The van der Waals surface area contributed by atoms with Gasteiger partial charge < -0.3 is 10.0 Å². The van der Waals surface area contributed by atoms with Crippen LogP contribution in [0.4, 0.5) is 0 Å². The molecule has 1 aromatic carbocycles.